The summed E-state index contributed by atoms with van der Waals surface area (Å²) in [5.41, 5.74) is 0.952. The van der Waals surface area contributed by atoms with Gasteiger partial charge in [-0.15, -0.1) is 0 Å². The van der Waals surface area contributed by atoms with Crippen molar-refractivity contribution in [1.82, 2.24) is 5.32 Å². The summed E-state index contributed by atoms with van der Waals surface area (Å²) in [6.45, 7) is 0.259. The Balaban J connectivity index is 1.83. The largest absolute Gasteiger partial charge is 0.507 e. The average Bonchev–Trinajstić information content (AvgIpc) is 2.54. The van der Waals surface area contributed by atoms with Gasteiger partial charge in [0.15, 0.2) is 0 Å². The number of aliphatic hydroxyl groups is 1. The van der Waals surface area contributed by atoms with E-state index >= 15 is 0 Å². The number of Topliss-reactive ketones (excluding diaryl/α,β-unsaturated/α-hetero) is 2. The number of nitrogens with one attached hydrogen (secondary N) is 1. The average molecular weight is 285 g/mol. The van der Waals surface area contributed by atoms with Crippen LogP contribution in [0.5, 0.6) is 0 Å². The molecule has 2 aliphatic rings. The lowest BCUT2D eigenvalue weighted by molar-refractivity contribution is -0.112. The Kier molecular flexibility index (Phi) is 3.88. The minimum atomic E-state index is -0.588. The van der Waals surface area contributed by atoms with Gasteiger partial charge >= 0.3 is 0 Å². The van der Waals surface area contributed by atoms with Gasteiger partial charge in [0.2, 0.25) is 11.6 Å². The Hall–Kier alpha value is -1.94. The fourth-order valence-electron chi connectivity index (χ4n) is 3.13. The molecule has 1 aromatic carbocycles. The SMILES string of the molecule is O=C1C(=O)c2ccccc2C(O)=C1CNC1CCCCC1. The maximum absolute atomic E-state index is 12.2. The molecule has 1 fully saturated rings. The standard InChI is InChI=1S/C17H19NO3/c19-15-12-8-4-5-9-13(12)16(20)17(21)14(15)10-18-11-6-2-1-3-7-11/h4-5,8-9,11,18-19H,1-3,6-7,10H2. The van der Waals surface area contributed by atoms with E-state index in [1.54, 1.807) is 24.3 Å². The third kappa shape index (κ3) is 2.63. The molecule has 110 valence electrons. The number of ketones is 2. The maximum Gasteiger partial charge on any atom is 0.234 e. The molecule has 1 saturated carbocycles. The highest BCUT2D eigenvalue weighted by atomic mass is 16.3. The second-order valence-electron chi connectivity index (χ2n) is 5.75. The number of fused-ring (bicyclic) bond motifs is 1. The molecule has 2 N–H and O–H groups in total. The summed E-state index contributed by atoms with van der Waals surface area (Å²) in [6.07, 6.45) is 5.83. The maximum atomic E-state index is 12.2. The topological polar surface area (TPSA) is 66.4 Å². The summed E-state index contributed by atoms with van der Waals surface area (Å²) >= 11 is 0. The first-order valence-corrected chi connectivity index (χ1v) is 7.52. The molecule has 0 aromatic heterocycles. The highest BCUT2D eigenvalue weighted by Crippen LogP contribution is 2.27. The van der Waals surface area contributed by atoms with E-state index < -0.39 is 11.6 Å². The molecular formula is C17H19NO3. The van der Waals surface area contributed by atoms with Crippen molar-refractivity contribution >= 4 is 17.3 Å². The molecule has 0 saturated heterocycles. The fraction of sp³-hybridized carbons (Fsp3) is 0.412. The van der Waals surface area contributed by atoms with Gasteiger partial charge < -0.3 is 10.4 Å². The Morgan fingerprint density at radius 2 is 1.67 bits per heavy atom. The van der Waals surface area contributed by atoms with Gasteiger partial charge in [0.25, 0.3) is 0 Å². The zero-order chi connectivity index (χ0) is 14.8. The van der Waals surface area contributed by atoms with Gasteiger partial charge in [0, 0.05) is 23.7 Å². The van der Waals surface area contributed by atoms with Crippen LogP contribution in [0.2, 0.25) is 0 Å². The van der Waals surface area contributed by atoms with Crippen molar-refractivity contribution in [3.8, 4) is 0 Å². The molecule has 0 spiro atoms. The van der Waals surface area contributed by atoms with Crippen LogP contribution in [-0.4, -0.2) is 29.3 Å². The zero-order valence-electron chi connectivity index (χ0n) is 11.9. The lowest BCUT2D eigenvalue weighted by atomic mass is 9.88. The molecule has 0 aliphatic heterocycles. The van der Waals surface area contributed by atoms with E-state index in [1.807, 2.05) is 0 Å². The molecule has 1 aromatic rings. The third-order valence-corrected chi connectivity index (χ3v) is 4.37. The Morgan fingerprint density at radius 3 is 2.38 bits per heavy atom. The van der Waals surface area contributed by atoms with Crippen molar-refractivity contribution in [1.29, 1.82) is 0 Å². The summed E-state index contributed by atoms with van der Waals surface area (Å²) in [4.78, 5) is 24.3. The summed E-state index contributed by atoms with van der Waals surface area (Å²) < 4.78 is 0. The molecule has 0 atom stereocenters. The van der Waals surface area contributed by atoms with Crippen molar-refractivity contribution < 1.29 is 14.7 Å². The predicted octanol–water partition coefficient (Wildman–Crippen LogP) is 2.64. The highest BCUT2D eigenvalue weighted by Gasteiger charge is 2.32. The van der Waals surface area contributed by atoms with E-state index in [1.165, 1.54) is 19.3 Å². The monoisotopic (exact) mass is 285 g/mol. The minimum absolute atomic E-state index is 0.0569. The molecule has 0 radical (unpaired) electrons. The third-order valence-electron chi connectivity index (χ3n) is 4.37. The van der Waals surface area contributed by atoms with Gasteiger partial charge in [-0.1, -0.05) is 43.5 Å². The van der Waals surface area contributed by atoms with Crippen LogP contribution in [0.1, 0.15) is 48.0 Å². The second kappa shape index (κ2) is 5.82. The molecular weight excluding hydrogens is 266 g/mol. The van der Waals surface area contributed by atoms with Gasteiger partial charge in [0.1, 0.15) is 5.76 Å². The molecule has 0 bridgehead atoms. The normalized spacial score (nSPS) is 19.8. The first-order valence-electron chi connectivity index (χ1n) is 7.52. The number of hydrogen-bond acceptors (Lipinski definition) is 4. The summed E-state index contributed by atoms with van der Waals surface area (Å²) in [5.74, 6) is -1.17. The van der Waals surface area contributed by atoms with Gasteiger partial charge in [-0.05, 0) is 12.8 Å². The van der Waals surface area contributed by atoms with Crippen LogP contribution in [0, 0.1) is 0 Å². The Bertz CT molecular complexity index is 612. The lowest BCUT2D eigenvalue weighted by Crippen LogP contribution is -2.36. The van der Waals surface area contributed by atoms with Gasteiger partial charge in [-0.25, -0.2) is 0 Å². The molecule has 0 heterocycles. The summed E-state index contributed by atoms with van der Waals surface area (Å²) in [7, 11) is 0. The van der Waals surface area contributed by atoms with Crippen molar-refractivity contribution in [2.75, 3.05) is 6.54 Å². The Morgan fingerprint density at radius 1 is 1.00 bits per heavy atom. The second-order valence-corrected chi connectivity index (χ2v) is 5.75. The number of benzene rings is 1. The van der Waals surface area contributed by atoms with E-state index in [0.717, 1.165) is 12.8 Å². The van der Waals surface area contributed by atoms with Crippen LogP contribution in [0.15, 0.2) is 29.8 Å². The van der Waals surface area contributed by atoms with Gasteiger partial charge in [-0.2, -0.15) is 0 Å². The van der Waals surface area contributed by atoms with E-state index in [2.05, 4.69) is 5.32 Å². The van der Waals surface area contributed by atoms with Crippen LogP contribution in [-0.2, 0) is 4.79 Å². The van der Waals surface area contributed by atoms with Gasteiger partial charge in [-0.3, -0.25) is 9.59 Å². The van der Waals surface area contributed by atoms with Crippen LogP contribution < -0.4 is 5.32 Å². The van der Waals surface area contributed by atoms with E-state index in [0.29, 0.717) is 17.2 Å². The van der Waals surface area contributed by atoms with Crippen molar-refractivity contribution in [2.24, 2.45) is 0 Å². The van der Waals surface area contributed by atoms with Crippen LogP contribution in [0.4, 0.5) is 0 Å². The van der Waals surface area contributed by atoms with E-state index in [4.69, 9.17) is 0 Å². The predicted molar refractivity (Wildman–Crippen MR) is 80.2 cm³/mol. The lowest BCUT2D eigenvalue weighted by Gasteiger charge is -2.24. The molecule has 21 heavy (non-hydrogen) atoms. The number of carbonyl (C=O) groups is 2. The highest BCUT2D eigenvalue weighted by molar-refractivity contribution is 6.52. The zero-order valence-corrected chi connectivity index (χ0v) is 11.9. The molecule has 3 rings (SSSR count). The van der Waals surface area contributed by atoms with Crippen LogP contribution in [0.25, 0.3) is 5.76 Å². The first kappa shape index (κ1) is 14.0. The molecule has 4 heteroatoms. The van der Waals surface area contributed by atoms with Gasteiger partial charge in [0.05, 0.1) is 5.57 Å². The number of hydrogen-bond donors (Lipinski definition) is 2. The number of aliphatic hydroxyl groups excluding tert-OH is 1. The van der Waals surface area contributed by atoms with E-state index in [9.17, 15) is 14.7 Å². The Labute approximate surface area is 123 Å². The van der Waals surface area contributed by atoms with Crippen LogP contribution >= 0.6 is 0 Å². The quantitative estimate of drug-likeness (QED) is 0.838. The molecule has 0 unspecified atom stereocenters. The van der Waals surface area contributed by atoms with Crippen molar-refractivity contribution in [3.05, 3.63) is 41.0 Å². The van der Waals surface area contributed by atoms with Crippen molar-refractivity contribution in [3.63, 3.8) is 0 Å². The molecule has 0 amide bonds. The van der Waals surface area contributed by atoms with Crippen molar-refractivity contribution in [2.45, 2.75) is 38.1 Å². The summed E-state index contributed by atoms with van der Waals surface area (Å²) in [5, 5.41) is 13.6. The summed E-state index contributed by atoms with van der Waals surface area (Å²) in [6, 6.07) is 7.08. The van der Waals surface area contributed by atoms with E-state index in [-0.39, 0.29) is 17.9 Å². The molecule has 2 aliphatic carbocycles. The smallest absolute Gasteiger partial charge is 0.234 e. The number of carbonyl (C=O) groups excluding carboxylic acids is 2. The number of rotatable bonds is 3. The first-order chi connectivity index (χ1) is 10.2. The molecule has 4 nitrogen and oxygen atoms in total. The minimum Gasteiger partial charge on any atom is -0.507 e. The fourth-order valence-corrected chi connectivity index (χ4v) is 3.13. The van der Waals surface area contributed by atoms with Crippen LogP contribution in [0.3, 0.4) is 0 Å².